The second-order valence-corrected chi connectivity index (χ2v) is 7.60. The monoisotopic (exact) mass is 354 g/mol. The van der Waals surface area contributed by atoms with Gasteiger partial charge in [-0.3, -0.25) is 4.90 Å². The highest BCUT2D eigenvalue weighted by atomic mass is 79.9. The molecule has 0 amide bonds. The van der Waals surface area contributed by atoms with Gasteiger partial charge in [-0.25, -0.2) is 0 Å². The summed E-state index contributed by atoms with van der Waals surface area (Å²) in [6, 6.07) is 8.55. The van der Waals surface area contributed by atoms with Crippen LogP contribution in [0.25, 0.3) is 0 Å². The minimum absolute atomic E-state index is 0.0198. The summed E-state index contributed by atoms with van der Waals surface area (Å²) in [5.41, 5.74) is 7.42. The number of nitrogens with zero attached hydrogens (tertiary/aromatic N) is 1. The molecule has 2 atom stereocenters. The molecule has 0 saturated carbocycles. The highest BCUT2D eigenvalue weighted by Gasteiger charge is 2.39. The zero-order chi connectivity index (χ0) is 15.5. The Bertz CT molecular complexity index is 464. The minimum Gasteiger partial charge on any atom is -0.377 e. The molecule has 0 aliphatic carbocycles. The average molecular weight is 355 g/mol. The van der Waals surface area contributed by atoms with Crippen molar-refractivity contribution in [3.05, 3.63) is 34.3 Å². The molecule has 4 heteroatoms. The molecule has 2 N–H and O–H groups in total. The number of nitrogens with two attached hydrogens (primary N) is 1. The molecule has 0 bridgehead atoms. The maximum absolute atomic E-state index is 6.15. The Hall–Kier alpha value is -0.420. The lowest BCUT2D eigenvalue weighted by Gasteiger charge is -2.48. The number of rotatable bonds is 5. The molecule has 0 aromatic heterocycles. The topological polar surface area (TPSA) is 38.5 Å². The number of hydrogen-bond acceptors (Lipinski definition) is 3. The molecule has 21 heavy (non-hydrogen) atoms. The Morgan fingerprint density at radius 2 is 2.05 bits per heavy atom. The molecule has 1 aliphatic heterocycles. The van der Waals surface area contributed by atoms with E-state index in [-0.39, 0.29) is 11.1 Å². The fourth-order valence-electron chi connectivity index (χ4n) is 3.19. The highest BCUT2D eigenvalue weighted by Crippen LogP contribution is 2.30. The molecule has 0 spiro atoms. The van der Waals surface area contributed by atoms with E-state index >= 15 is 0 Å². The molecule has 1 aliphatic rings. The molecule has 1 aromatic carbocycles. The standard InChI is InChI=1S/C17H27BrN2O/c1-16(12-19,11-14-5-7-15(18)8-6-14)20-10-4-9-17(2,13-20)21-3/h5-8H,4,9-13,19H2,1-3H3. The summed E-state index contributed by atoms with van der Waals surface area (Å²) in [6.07, 6.45) is 3.26. The van der Waals surface area contributed by atoms with Crippen molar-refractivity contribution >= 4 is 15.9 Å². The SMILES string of the molecule is COC1(C)CCCN(C(C)(CN)Cc2ccc(Br)cc2)C1. The summed E-state index contributed by atoms with van der Waals surface area (Å²) in [7, 11) is 1.82. The second kappa shape index (κ2) is 6.78. The summed E-state index contributed by atoms with van der Waals surface area (Å²) in [6.45, 7) is 7.19. The Kier molecular flexibility index (Phi) is 5.47. The fourth-order valence-corrected chi connectivity index (χ4v) is 3.45. The van der Waals surface area contributed by atoms with E-state index in [0.717, 1.165) is 30.4 Å². The van der Waals surface area contributed by atoms with E-state index in [0.29, 0.717) is 6.54 Å². The van der Waals surface area contributed by atoms with E-state index < -0.39 is 0 Å². The van der Waals surface area contributed by atoms with Crippen molar-refractivity contribution in [3.63, 3.8) is 0 Å². The van der Waals surface area contributed by atoms with Crippen LogP contribution in [-0.2, 0) is 11.2 Å². The Morgan fingerprint density at radius 3 is 2.62 bits per heavy atom. The number of halogens is 1. The van der Waals surface area contributed by atoms with Gasteiger partial charge >= 0.3 is 0 Å². The van der Waals surface area contributed by atoms with Crippen LogP contribution >= 0.6 is 15.9 Å². The van der Waals surface area contributed by atoms with E-state index in [1.165, 1.54) is 12.0 Å². The zero-order valence-corrected chi connectivity index (χ0v) is 14.9. The molecule has 2 unspecified atom stereocenters. The fraction of sp³-hybridized carbons (Fsp3) is 0.647. The van der Waals surface area contributed by atoms with Gasteiger partial charge in [-0.1, -0.05) is 28.1 Å². The minimum atomic E-state index is -0.0472. The van der Waals surface area contributed by atoms with Crippen LogP contribution in [0.1, 0.15) is 32.3 Å². The van der Waals surface area contributed by atoms with Gasteiger partial charge in [0.1, 0.15) is 0 Å². The van der Waals surface area contributed by atoms with Gasteiger partial charge in [-0.15, -0.1) is 0 Å². The Balaban J connectivity index is 2.14. The lowest BCUT2D eigenvalue weighted by Crippen LogP contribution is -2.60. The summed E-state index contributed by atoms with van der Waals surface area (Å²) in [4.78, 5) is 2.52. The van der Waals surface area contributed by atoms with Crippen LogP contribution in [0.15, 0.2) is 28.7 Å². The van der Waals surface area contributed by atoms with Crippen LogP contribution in [0.4, 0.5) is 0 Å². The Labute approximate surface area is 137 Å². The lowest BCUT2D eigenvalue weighted by molar-refractivity contribution is -0.0767. The summed E-state index contributed by atoms with van der Waals surface area (Å²) in [5.74, 6) is 0. The van der Waals surface area contributed by atoms with E-state index in [4.69, 9.17) is 10.5 Å². The number of benzene rings is 1. The van der Waals surface area contributed by atoms with Crippen LogP contribution in [0.5, 0.6) is 0 Å². The van der Waals surface area contributed by atoms with E-state index in [1.807, 2.05) is 7.11 Å². The third-order valence-corrected chi connectivity index (χ3v) is 5.38. The van der Waals surface area contributed by atoms with Crippen molar-refractivity contribution in [2.75, 3.05) is 26.7 Å². The van der Waals surface area contributed by atoms with Crippen LogP contribution in [0.3, 0.4) is 0 Å². The van der Waals surface area contributed by atoms with Gasteiger partial charge in [0.15, 0.2) is 0 Å². The smallest absolute Gasteiger partial charge is 0.0777 e. The molecule has 3 nitrogen and oxygen atoms in total. The van der Waals surface area contributed by atoms with Gasteiger partial charge < -0.3 is 10.5 Å². The second-order valence-electron chi connectivity index (χ2n) is 6.68. The van der Waals surface area contributed by atoms with Crippen LogP contribution in [0.2, 0.25) is 0 Å². The summed E-state index contributed by atoms with van der Waals surface area (Å²) in [5, 5.41) is 0. The number of likely N-dealkylation sites (tertiary alicyclic amines) is 1. The number of methoxy groups -OCH3 is 1. The van der Waals surface area contributed by atoms with Crippen molar-refractivity contribution < 1.29 is 4.74 Å². The van der Waals surface area contributed by atoms with Crippen LogP contribution in [0, 0.1) is 0 Å². The molecule has 2 rings (SSSR count). The van der Waals surface area contributed by atoms with Crippen molar-refractivity contribution in [3.8, 4) is 0 Å². The molecule has 1 saturated heterocycles. The highest BCUT2D eigenvalue weighted by molar-refractivity contribution is 9.10. The van der Waals surface area contributed by atoms with Crippen LogP contribution < -0.4 is 5.73 Å². The third-order valence-electron chi connectivity index (χ3n) is 4.85. The maximum atomic E-state index is 6.15. The number of ether oxygens (including phenoxy) is 1. The maximum Gasteiger partial charge on any atom is 0.0777 e. The van der Waals surface area contributed by atoms with Gasteiger partial charge in [0.25, 0.3) is 0 Å². The van der Waals surface area contributed by atoms with E-state index in [9.17, 15) is 0 Å². The number of piperidine rings is 1. The quantitative estimate of drug-likeness (QED) is 0.882. The predicted molar refractivity (Wildman–Crippen MR) is 91.5 cm³/mol. The first-order valence-electron chi connectivity index (χ1n) is 7.65. The van der Waals surface area contributed by atoms with Gasteiger partial charge in [-0.2, -0.15) is 0 Å². The predicted octanol–water partition coefficient (Wildman–Crippen LogP) is 3.21. The first kappa shape index (κ1) is 16.9. The first-order valence-corrected chi connectivity index (χ1v) is 8.45. The molecular weight excluding hydrogens is 328 g/mol. The first-order chi connectivity index (χ1) is 9.91. The van der Waals surface area contributed by atoms with Crippen molar-refractivity contribution in [2.45, 2.75) is 44.2 Å². The van der Waals surface area contributed by atoms with Crippen LogP contribution in [-0.4, -0.2) is 42.8 Å². The Morgan fingerprint density at radius 1 is 1.38 bits per heavy atom. The molecular formula is C17H27BrN2O. The largest absolute Gasteiger partial charge is 0.377 e. The molecule has 1 fully saturated rings. The third kappa shape index (κ3) is 4.07. The van der Waals surface area contributed by atoms with Crippen molar-refractivity contribution in [2.24, 2.45) is 5.73 Å². The average Bonchev–Trinajstić information content (AvgIpc) is 2.49. The zero-order valence-electron chi connectivity index (χ0n) is 13.4. The molecule has 1 aromatic rings. The lowest BCUT2D eigenvalue weighted by atomic mass is 9.85. The van der Waals surface area contributed by atoms with Gasteiger partial charge in [0, 0.05) is 30.2 Å². The molecule has 118 valence electrons. The van der Waals surface area contributed by atoms with Gasteiger partial charge in [-0.05, 0) is 57.4 Å². The van der Waals surface area contributed by atoms with Crippen molar-refractivity contribution in [1.82, 2.24) is 4.90 Å². The summed E-state index contributed by atoms with van der Waals surface area (Å²) < 4.78 is 6.84. The van der Waals surface area contributed by atoms with Gasteiger partial charge in [0.05, 0.1) is 5.60 Å². The number of hydrogen-bond donors (Lipinski definition) is 1. The van der Waals surface area contributed by atoms with E-state index in [2.05, 4.69) is 58.9 Å². The van der Waals surface area contributed by atoms with E-state index in [1.54, 1.807) is 0 Å². The summed E-state index contributed by atoms with van der Waals surface area (Å²) >= 11 is 3.49. The van der Waals surface area contributed by atoms with Gasteiger partial charge in [0.2, 0.25) is 0 Å². The normalized spacial score (nSPS) is 26.5. The molecule has 0 radical (unpaired) electrons. The van der Waals surface area contributed by atoms with Crippen molar-refractivity contribution in [1.29, 1.82) is 0 Å². The molecule has 1 heterocycles.